The molecule has 0 radical (unpaired) electrons. The zero-order chi connectivity index (χ0) is 26.4. The third-order valence-corrected chi connectivity index (χ3v) is 6.90. The topological polar surface area (TPSA) is 92.6 Å². The molecule has 1 unspecified atom stereocenters. The Balaban J connectivity index is 2.15. The maximum Gasteiger partial charge on any atom is 0.295 e. The van der Waals surface area contributed by atoms with Crippen LogP contribution in [0.2, 0.25) is 5.02 Å². The number of likely N-dealkylation sites (tertiary alicyclic amines) is 1. The Hall–Kier alpha value is -3.23. The average Bonchev–Trinajstić information content (AvgIpc) is 3.15. The third kappa shape index (κ3) is 5.44. The van der Waals surface area contributed by atoms with Gasteiger partial charge in [-0.1, -0.05) is 23.4 Å². The lowest BCUT2D eigenvalue weighted by atomic mass is 9.94. The number of ether oxygens (including phenoxy) is 3. The van der Waals surface area contributed by atoms with Crippen LogP contribution in [0.1, 0.15) is 37.4 Å². The number of hydrogen-bond acceptors (Lipinski definition) is 6. The number of nitrogens with zero attached hydrogens (tertiary/aromatic N) is 1. The van der Waals surface area contributed by atoms with Crippen LogP contribution < -0.4 is 24.2 Å². The molecular formula is C27H33ClN2O6. The SMILES string of the molecule is CC[NH+](CC)CCCN1C(=O)C(=O)C(=C([O-])c2ccc(OC)c(Cl)c2)C1c1cc(OC)ccc1OC. The lowest BCUT2D eigenvalue weighted by Gasteiger charge is -2.29. The largest absolute Gasteiger partial charge is 0.872 e. The summed E-state index contributed by atoms with van der Waals surface area (Å²) in [7, 11) is 4.50. The summed E-state index contributed by atoms with van der Waals surface area (Å²) in [6.45, 7) is 7.30. The zero-order valence-electron chi connectivity index (χ0n) is 21.4. The van der Waals surface area contributed by atoms with Gasteiger partial charge in [0.2, 0.25) is 5.78 Å². The number of quaternary nitrogens is 1. The predicted molar refractivity (Wildman–Crippen MR) is 135 cm³/mol. The van der Waals surface area contributed by atoms with Crippen molar-refractivity contribution in [3.63, 3.8) is 0 Å². The molecule has 0 aromatic heterocycles. The minimum Gasteiger partial charge on any atom is -0.872 e. The summed E-state index contributed by atoms with van der Waals surface area (Å²) in [4.78, 5) is 29.4. The van der Waals surface area contributed by atoms with E-state index in [9.17, 15) is 14.7 Å². The third-order valence-electron chi connectivity index (χ3n) is 6.60. The van der Waals surface area contributed by atoms with E-state index >= 15 is 0 Å². The molecule has 2 aromatic carbocycles. The van der Waals surface area contributed by atoms with E-state index in [0.717, 1.165) is 19.6 Å². The number of rotatable bonds is 11. The molecule has 2 aromatic rings. The summed E-state index contributed by atoms with van der Waals surface area (Å²) in [6.07, 6.45) is 0.675. The van der Waals surface area contributed by atoms with Gasteiger partial charge < -0.3 is 29.1 Å². The van der Waals surface area contributed by atoms with Crippen LogP contribution in [-0.2, 0) is 9.59 Å². The van der Waals surface area contributed by atoms with Crippen molar-refractivity contribution in [1.82, 2.24) is 4.90 Å². The smallest absolute Gasteiger partial charge is 0.295 e. The van der Waals surface area contributed by atoms with Gasteiger partial charge in [0.25, 0.3) is 5.91 Å². The quantitative estimate of drug-likeness (QED) is 0.279. The molecule has 3 rings (SSSR count). The molecule has 0 aliphatic carbocycles. The van der Waals surface area contributed by atoms with E-state index < -0.39 is 23.5 Å². The Kier molecular flexibility index (Phi) is 9.23. The van der Waals surface area contributed by atoms with E-state index in [0.29, 0.717) is 35.8 Å². The maximum atomic E-state index is 13.7. The average molecular weight is 517 g/mol. The lowest BCUT2D eigenvalue weighted by molar-refractivity contribution is -0.896. The first-order chi connectivity index (χ1) is 17.3. The number of ketones is 1. The molecular weight excluding hydrogens is 484 g/mol. The standard InChI is InChI=1S/C27H33ClN2O6/c1-6-29(7-2)13-8-14-30-24(19-16-18(34-3)10-12-21(19)35-4)23(26(32)27(30)33)25(31)17-9-11-22(36-5)20(28)15-17/h9-12,15-16,24,31H,6-8,13-14H2,1-5H3. The molecule has 194 valence electrons. The van der Waals surface area contributed by atoms with Gasteiger partial charge >= 0.3 is 0 Å². The van der Waals surface area contributed by atoms with Crippen molar-refractivity contribution in [3.8, 4) is 17.2 Å². The van der Waals surface area contributed by atoms with E-state index in [2.05, 4.69) is 13.8 Å². The number of halogens is 1. The molecule has 0 spiro atoms. The molecule has 0 bridgehead atoms. The van der Waals surface area contributed by atoms with Crippen molar-refractivity contribution in [3.05, 3.63) is 58.1 Å². The van der Waals surface area contributed by atoms with Crippen molar-refractivity contribution in [2.45, 2.75) is 26.3 Å². The molecule has 1 amide bonds. The number of nitrogens with one attached hydrogen (secondary N) is 1. The Morgan fingerprint density at radius 1 is 1.00 bits per heavy atom. The highest BCUT2D eigenvalue weighted by atomic mass is 35.5. The molecule has 1 fully saturated rings. The molecule has 1 atom stereocenters. The lowest BCUT2D eigenvalue weighted by Crippen LogP contribution is -3.11. The minimum atomic E-state index is -0.921. The Bertz CT molecular complexity index is 1150. The van der Waals surface area contributed by atoms with Crippen molar-refractivity contribution in [1.29, 1.82) is 0 Å². The fourth-order valence-electron chi connectivity index (χ4n) is 4.54. The summed E-state index contributed by atoms with van der Waals surface area (Å²) in [5.74, 6) is -0.729. The Morgan fingerprint density at radius 2 is 1.67 bits per heavy atom. The van der Waals surface area contributed by atoms with Crippen molar-refractivity contribution >= 4 is 29.1 Å². The molecule has 1 N–H and O–H groups in total. The number of carbonyl (C=O) groups excluding carboxylic acids is 2. The highest BCUT2D eigenvalue weighted by Gasteiger charge is 2.45. The monoisotopic (exact) mass is 516 g/mol. The van der Waals surface area contributed by atoms with E-state index in [1.807, 2.05) is 0 Å². The van der Waals surface area contributed by atoms with Crippen molar-refractivity contribution in [2.24, 2.45) is 0 Å². The van der Waals surface area contributed by atoms with Gasteiger partial charge in [0.15, 0.2) is 0 Å². The Labute approximate surface area is 217 Å². The molecule has 1 heterocycles. The van der Waals surface area contributed by atoms with Crippen molar-refractivity contribution < 1.29 is 33.8 Å². The van der Waals surface area contributed by atoms with Gasteiger partial charge in [-0.05, 0) is 49.7 Å². The van der Waals surface area contributed by atoms with Crippen LogP contribution in [0.3, 0.4) is 0 Å². The first-order valence-electron chi connectivity index (χ1n) is 12.0. The second kappa shape index (κ2) is 12.1. The molecule has 0 saturated carbocycles. The van der Waals surface area contributed by atoms with Crippen LogP contribution in [0.5, 0.6) is 17.2 Å². The number of carbonyl (C=O) groups is 2. The van der Waals surface area contributed by atoms with Crippen LogP contribution in [0.15, 0.2) is 42.0 Å². The van der Waals surface area contributed by atoms with Gasteiger partial charge in [0.05, 0.1) is 52.0 Å². The number of amides is 1. The van der Waals surface area contributed by atoms with Crippen LogP contribution >= 0.6 is 11.6 Å². The summed E-state index contributed by atoms with van der Waals surface area (Å²) >= 11 is 6.25. The molecule has 8 nitrogen and oxygen atoms in total. The highest BCUT2D eigenvalue weighted by Crippen LogP contribution is 2.43. The molecule has 1 aliphatic heterocycles. The first kappa shape index (κ1) is 27.4. The fraction of sp³-hybridized carbons (Fsp3) is 0.407. The summed E-state index contributed by atoms with van der Waals surface area (Å²) in [5, 5.41) is 13.9. The van der Waals surface area contributed by atoms with Gasteiger partial charge in [-0.3, -0.25) is 9.59 Å². The van der Waals surface area contributed by atoms with Crippen LogP contribution in [0, 0.1) is 0 Å². The summed E-state index contributed by atoms with van der Waals surface area (Å²) in [6, 6.07) is 8.74. The summed E-state index contributed by atoms with van der Waals surface area (Å²) < 4.78 is 16.1. The van der Waals surface area contributed by atoms with Gasteiger partial charge in [-0.25, -0.2) is 0 Å². The van der Waals surface area contributed by atoms with E-state index in [4.69, 9.17) is 25.8 Å². The predicted octanol–water partition coefficient (Wildman–Crippen LogP) is 1.90. The molecule has 36 heavy (non-hydrogen) atoms. The highest BCUT2D eigenvalue weighted by molar-refractivity contribution is 6.46. The molecule has 9 heteroatoms. The second-order valence-electron chi connectivity index (χ2n) is 8.49. The summed E-state index contributed by atoms with van der Waals surface area (Å²) in [5.41, 5.74) is 0.565. The second-order valence-corrected chi connectivity index (χ2v) is 8.90. The van der Waals surface area contributed by atoms with Crippen LogP contribution in [0.4, 0.5) is 0 Å². The molecule has 1 saturated heterocycles. The number of hydrogen-bond donors (Lipinski definition) is 1. The van der Waals surface area contributed by atoms with Gasteiger partial charge in [0, 0.05) is 24.1 Å². The normalized spacial score (nSPS) is 17.1. The number of Topliss-reactive ketones (excluding diaryl/α,β-unsaturated/α-hetero) is 1. The van der Waals surface area contributed by atoms with Gasteiger partial charge in [-0.2, -0.15) is 0 Å². The maximum absolute atomic E-state index is 13.7. The minimum absolute atomic E-state index is 0.136. The Morgan fingerprint density at radius 3 is 2.25 bits per heavy atom. The van der Waals surface area contributed by atoms with Crippen LogP contribution in [0.25, 0.3) is 5.76 Å². The van der Waals surface area contributed by atoms with E-state index in [-0.39, 0.29) is 16.2 Å². The fourth-order valence-corrected chi connectivity index (χ4v) is 4.80. The van der Waals surface area contributed by atoms with E-state index in [1.165, 1.54) is 43.3 Å². The van der Waals surface area contributed by atoms with E-state index in [1.54, 1.807) is 24.3 Å². The first-order valence-corrected chi connectivity index (χ1v) is 12.3. The molecule has 1 aliphatic rings. The number of methoxy groups -OCH3 is 3. The van der Waals surface area contributed by atoms with Gasteiger partial charge in [-0.15, -0.1) is 0 Å². The van der Waals surface area contributed by atoms with Crippen molar-refractivity contribution in [2.75, 3.05) is 47.5 Å². The van der Waals surface area contributed by atoms with Crippen LogP contribution in [-0.4, -0.2) is 64.1 Å². The number of benzene rings is 2. The zero-order valence-corrected chi connectivity index (χ0v) is 22.1. The van der Waals surface area contributed by atoms with Gasteiger partial charge in [0.1, 0.15) is 17.2 Å².